The molecule has 0 radical (unpaired) electrons. The van der Waals surface area contributed by atoms with Crippen molar-refractivity contribution < 1.29 is 19.6 Å². The Kier molecular flexibility index (Phi) is 4.04. The van der Waals surface area contributed by atoms with Crippen LogP contribution in [0.2, 0.25) is 5.02 Å². The lowest BCUT2D eigenvalue weighted by Gasteiger charge is -2.08. The fourth-order valence-corrected chi connectivity index (χ4v) is 1.80. The Hall–Kier alpha value is -2.67. The number of nitrogens with zero attached hydrogens (tertiary/aromatic N) is 2. The molecule has 0 saturated heterocycles. The molecule has 0 amide bonds. The third-order valence-electron chi connectivity index (χ3n) is 2.61. The molecule has 2 rings (SSSR count). The van der Waals surface area contributed by atoms with Crippen LogP contribution in [-0.4, -0.2) is 21.0 Å². The summed E-state index contributed by atoms with van der Waals surface area (Å²) < 4.78 is 5.43. The molecule has 0 aliphatic heterocycles. The number of ether oxygens (including phenoxy) is 1. The van der Waals surface area contributed by atoms with Crippen molar-refractivity contribution in [3.63, 3.8) is 0 Å². The molecule has 8 heteroatoms. The molecule has 2 aromatic rings. The number of hydrogen-bond donors (Lipinski definition) is 1. The van der Waals surface area contributed by atoms with Crippen LogP contribution in [0.15, 0.2) is 30.5 Å². The van der Waals surface area contributed by atoms with Crippen molar-refractivity contribution in [2.75, 3.05) is 0 Å². The fourth-order valence-electron chi connectivity index (χ4n) is 1.60. The van der Waals surface area contributed by atoms with E-state index < -0.39 is 10.9 Å². The van der Waals surface area contributed by atoms with Gasteiger partial charge >= 0.3 is 5.97 Å². The highest BCUT2D eigenvalue weighted by Gasteiger charge is 2.13. The van der Waals surface area contributed by atoms with E-state index in [2.05, 4.69) is 4.98 Å². The van der Waals surface area contributed by atoms with Gasteiger partial charge in [-0.05, 0) is 25.1 Å². The van der Waals surface area contributed by atoms with E-state index in [4.69, 9.17) is 21.4 Å². The Morgan fingerprint density at radius 1 is 1.43 bits per heavy atom. The van der Waals surface area contributed by atoms with Crippen molar-refractivity contribution in [2.24, 2.45) is 0 Å². The third kappa shape index (κ3) is 3.26. The lowest BCUT2D eigenvalue weighted by molar-refractivity contribution is -0.385. The standard InChI is InChI=1S/C13H9ClN2O5/c1-7-4-8(16(19)20)6-15-12(7)21-9-2-3-11(14)10(5-9)13(17)18/h2-6H,1H3,(H,17,18). The van der Waals surface area contributed by atoms with E-state index in [0.717, 1.165) is 6.20 Å². The largest absolute Gasteiger partial charge is 0.478 e. The van der Waals surface area contributed by atoms with Gasteiger partial charge in [-0.1, -0.05) is 11.6 Å². The summed E-state index contributed by atoms with van der Waals surface area (Å²) in [4.78, 5) is 24.9. The Balaban J connectivity index is 2.32. The van der Waals surface area contributed by atoms with Gasteiger partial charge in [-0.15, -0.1) is 0 Å². The third-order valence-corrected chi connectivity index (χ3v) is 2.94. The molecule has 0 fully saturated rings. The summed E-state index contributed by atoms with van der Waals surface area (Å²) >= 11 is 5.75. The zero-order valence-corrected chi connectivity index (χ0v) is 11.5. The zero-order chi connectivity index (χ0) is 15.6. The minimum absolute atomic E-state index is 0.0863. The van der Waals surface area contributed by atoms with E-state index in [1.807, 2.05) is 0 Å². The van der Waals surface area contributed by atoms with Crippen LogP contribution in [0.1, 0.15) is 15.9 Å². The molecular formula is C13H9ClN2O5. The van der Waals surface area contributed by atoms with Crippen LogP contribution in [-0.2, 0) is 0 Å². The van der Waals surface area contributed by atoms with Gasteiger partial charge < -0.3 is 9.84 Å². The first-order valence-corrected chi connectivity index (χ1v) is 6.08. The van der Waals surface area contributed by atoms with Crippen LogP contribution in [0.3, 0.4) is 0 Å². The molecule has 108 valence electrons. The topological polar surface area (TPSA) is 103 Å². The second kappa shape index (κ2) is 5.76. The van der Waals surface area contributed by atoms with Gasteiger partial charge in [0.2, 0.25) is 5.88 Å². The maximum absolute atomic E-state index is 11.0. The van der Waals surface area contributed by atoms with Crippen LogP contribution in [0.4, 0.5) is 5.69 Å². The van der Waals surface area contributed by atoms with Crippen molar-refractivity contribution in [1.29, 1.82) is 0 Å². The lowest BCUT2D eigenvalue weighted by Crippen LogP contribution is -1.99. The Labute approximate surface area is 123 Å². The fraction of sp³-hybridized carbons (Fsp3) is 0.0769. The predicted octanol–water partition coefficient (Wildman–Crippen LogP) is 3.44. The highest BCUT2D eigenvalue weighted by Crippen LogP contribution is 2.28. The van der Waals surface area contributed by atoms with Crippen molar-refractivity contribution in [2.45, 2.75) is 6.92 Å². The summed E-state index contributed by atoms with van der Waals surface area (Å²) in [6.45, 7) is 1.60. The molecule has 0 saturated carbocycles. The summed E-state index contributed by atoms with van der Waals surface area (Å²) in [5.74, 6) is -0.806. The molecule has 0 aliphatic rings. The summed E-state index contributed by atoms with van der Waals surface area (Å²) in [5.41, 5.74) is 0.201. The predicted molar refractivity (Wildman–Crippen MR) is 74.1 cm³/mol. The SMILES string of the molecule is Cc1cc([N+](=O)[O-])cnc1Oc1ccc(Cl)c(C(=O)O)c1. The number of halogens is 1. The number of carbonyl (C=O) groups is 1. The molecule has 21 heavy (non-hydrogen) atoms. The maximum atomic E-state index is 11.0. The normalized spacial score (nSPS) is 10.2. The monoisotopic (exact) mass is 308 g/mol. The second-order valence-electron chi connectivity index (χ2n) is 4.12. The van der Waals surface area contributed by atoms with Crippen molar-refractivity contribution in [1.82, 2.24) is 4.98 Å². The number of pyridine rings is 1. The highest BCUT2D eigenvalue weighted by molar-refractivity contribution is 6.33. The van der Waals surface area contributed by atoms with Gasteiger partial charge in [0.15, 0.2) is 0 Å². The molecule has 1 heterocycles. The number of rotatable bonds is 4. The molecule has 0 aliphatic carbocycles. The van der Waals surface area contributed by atoms with Gasteiger partial charge in [-0.25, -0.2) is 9.78 Å². The molecule has 1 aromatic heterocycles. The van der Waals surface area contributed by atoms with E-state index in [1.165, 1.54) is 24.3 Å². The summed E-state index contributed by atoms with van der Waals surface area (Å²) in [7, 11) is 0. The quantitative estimate of drug-likeness (QED) is 0.685. The number of aryl methyl sites for hydroxylation is 1. The Morgan fingerprint density at radius 2 is 2.14 bits per heavy atom. The first-order valence-electron chi connectivity index (χ1n) is 5.70. The van der Waals surface area contributed by atoms with Gasteiger partial charge in [0.05, 0.1) is 15.5 Å². The second-order valence-corrected chi connectivity index (χ2v) is 4.53. The van der Waals surface area contributed by atoms with Crippen LogP contribution in [0.25, 0.3) is 0 Å². The van der Waals surface area contributed by atoms with E-state index >= 15 is 0 Å². The number of benzene rings is 1. The molecule has 0 spiro atoms. The number of aromatic carboxylic acids is 1. The van der Waals surface area contributed by atoms with Crippen LogP contribution in [0.5, 0.6) is 11.6 Å². The number of carboxylic acids is 1. The van der Waals surface area contributed by atoms with Crippen molar-refractivity contribution in [3.8, 4) is 11.6 Å². The lowest BCUT2D eigenvalue weighted by atomic mass is 10.2. The Morgan fingerprint density at radius 3 is 2.71 bits per heavy atom. The average molecular weight is 309 g/mol. The van der Waals surface area contributed by atoms with Gasteiger partial charge in [0, 0.05) is 11.6 Å². The molecule has 1 aromatic carbocycles. The van der Waals surface area contributed by atoms with E-state index in [9.17, 15) is 14.9 Å². The summed E-state index contributed by atoms with van der Waals surface area (Å²) in [5, 5.41) is 19.7. The molecular weight excluding hydrogens is 300 g/mol. The first-order chi connectivity index (χ1) is 9.88. The molecule has 0 atom stereocenters. The maximum Gasteiger partial charge on any atom is 0.337 e. The number of carboxylic acid groups (broad SMARTS) is 1. The first kappa shape index (κ1) is 14.7. The smallest absolute Gasteiger partial charge is 0.337 e. The van der Waals surface area contributed by atoms with Crippen molar-refractivity contribution in [3.05, 3.63) is 56.7 Å². The summed E-state index contributed by atoms with van der Waals surface area (Å²) in [6.07, 6.45) is 1.07. The van der Waals surface area contributed by atoms with Crippen molar-refractivity contribution >= 4 is 23.3 Å². The van der Waals surface area contributed by atoms with Crippen LogP contribution >= 0.6 is 11.6 Å². The van der Waals surface area contributed by atoms with Crippen LogP contribution in [0, 0.1) is 17.0 Å². The van der Waals surface area contributed by atoms with E-state index in [0.29, 0.717) is 5.56 Å². The minimum Gasteiger partial charge on any atom is -0.478 e. The summed E-state index contributed by atoms with van der Waals surface area (Å²) in [6, 6.07) is 5.45. The Bertz CT molecular complexity index is 732. The molecule has 0 unspecified atom stereocenters. The van der Waals surface area contributed by atoms with Gasteiger partial charge in [-0.2, -0.15) is 0 Å². The van der Waals surface area contributed by atoms with E-state index in [1.54, 1.807) is 6.92 Å². The number of nitro groups is 1. The number of hydrogen-bond acceptors (Lipinski definition) is 5. The molecule has 7 nitrogen and oxygen atoms in total. The zero-order valence-electron chi connectivity index (χ0n) is 10.7. The van der Waals surface area contributed by atoms with Gasteiger partial charge in [-0.3, -0.25) is 10.1 Å². The number of aromatic nitrogens is 1. The van der Waals surface area contributed by atoms with Gasteiger partial charge in [0.1, 0.15) is 11.9 Å². The van der Waals surface area contributed by atoms with Crippen LogP contribution < -0.4 is 4.74 Å². The molecule has 1 N–H and O–H groups in total. The minimum atomic E-state index is -1.18. The average Bonchev–Trinajstić information content (AvgIpc) is 2.42. The van der Waals surface area contributed by atoms with E-state index in [-0.39, 0.29) is 27.9 Å². The van der Waals surface area contributed by atoms with Gasteiger partial charge in [0.25, 0.3) is 5.69 Å². The molecule has 0 bridgehead atoms. The highest BCUT2D eigenvalue weighted by atomic mass is 35.5.